The van der Waals surface area contributed by atoms with Crippen molar-refractivity contribution in [3.63, 3.8) is 0 Å². The average molecular weight is 358 g/mol. The predicted octanol–water partition coefficient (Wildman–Crippen LogP) is 4.36. The van der Waals surface area contributed by atoms with Crippen LogP contribution >= 0.6 is 0 Å². The van der Waals surface area contributed by atoms with E-state index in [1.54, 1.807) is 10.6 Å². The summed E-state index contributed by atoms with van der Waals surface area (Å²) in [7, 11) is 1.91. The predicted molar refractivity (Wildman–Crippen MR) is 111 cm³/mol. The minimum Gasteiger partial charge on any atom is -0.343 e. The Morgan fingerprint density at radius 1 is 0.926 bits per heavy atom. The maximum absolute atomic E-state index is 13.5. The van der Waals surface area contributed by atoms with Crippen molar-refractivity contribution in [2.75, 3.05) is 0 Å². The Hall–Kier alpha value is -3.14. The lowest BCUT2D eigenvalue weighted by atomic mass is 10.0. The van der Waals surface area contributed by atoms with E-state index < -0.39 is 0 Å². The van der Waals surface area contributed by atoms with Gasteiger partial charge in [-0.1, -0.05) is 44.2 Å². The quantitative estimate of drug-likeness (QED) is 0.511. The molecule has 2 aromatic heterocycles. The van der Waals surface area contributed by atoms with E-state index in [1.807, 2.05) is 66.2 Å². The molecule has 1 unspecified atom stereocenters. The average Bonchev–Trinajstić information content (AvgIpc) is 2.71. The number of rotatable bonds is 3. The highest BCUT2D eigenvalue weighted by molar-refractivity contribution is 5.93. The smallest absolute Gasteiger partial charge is 0.268 e. The van der Waals surface area contributed by atoms with Crippen LogP contribution in [-0.2, 0) is 7.05 Å². The molecule has 0 saturated carbocycles. The SMILES string of the molecule is CCC(C)c1cc2c(c(=O)c3ccccc3n2C)c(=O)n1-c1ccccc1. The molecule has 1 atom stereocenters. The number of para-hydroxylation sites is 2. The third-order valence-corrected chi connectivity index (χ3v) is 5.45. The number of aryl methyl sites for hydroxylation is 1. The van der Waals surface area contributed by atoms with Crippen molar-refractivity contribution in [3.8, 4) is 5.69 Å². The maximum Gasteiger partial charge on any atom is 0.268 e. The Morgan fingerprint density at radius 2 is 1.59 bits per heavy atom. The van der Waals surface area contributed by atoms with Crippen LogP contribution in [-0.4, -0.2) is 9.13 Å². The molecule has 2 heterocycles. The van der Waals surface area contributed by atoms with Crippen molar-refractivity contribution in [1.29, 1.82) is 0 Å². The van der Waals surface area contributed by atoms with Crippen molar-refractivity contribution in [1.82, 2.24) is 9.13 Å². The van der Waals surface area contributed by atoms with E-state index in [9.17, 15) is 9.59 Å². The van der Waals surface area contributed by atoms with Gasteiger partial charge < -0.3 is 4.57 Å². The molecular formula is C23H22N2O2. The first-order valence-electron chi connectivity index (χ1n) is 9.27. The lowest BCUT2D eigenvalue weighted by molar-refractivity contribution is 0.677. The third-order valence-electron chi connectivity index (χ3n) is 5.45. The molecule has 136 valence electrons. The monoisotopic (exact) mass is 358 g/mol. The second kappa shape index (κ2) is 6.54. The van der Waals surface area contributed by atoms with Crippen molar-refractivity contribution >= 4 is 21.8 Å². The van der Waals surface area contributed by atoms with Crippen molar-refractivity contribution in [3.05, 3.63) is 86.9 Å². The molecule has 0 amide bonds. The normalized spacial score (nSPS) is 12.6. The molecule has 2 aromatic carbocycles. The van der Waals surface area contributed by atoms with Gasteiger partial charge in [0.1, 0.15) is 5.39 Å². The summed E-state index contributed by atoms with van der Waals surface area (Å²) >= 11 is 0. The molecule has 4 nitrogen and oxygen atoms in total. The first-order chi connectivity index (χ1) is 13.0. The van der Waals surface area contributed by atoms with Gasteiger partial charge in [-0.2, -0.15) is 0 Å². The van der Waals surface area contributed by atoms with E-state index >= 15 is 0 Å². The lowest BCUT2D eigenvalue weighted by Crippen LogP contribution is -2.28. The van der Waals surface area contributed by atoms with Gasteiger partial charge in [-0.3, -0.25) is 14.2 Å². The van der Waals surface area contributed by atoms with Gasteiger partial charge in [-0.05, 0) is 42.7 Å². The molecule has 0 aliphatic carbocycles. The second-order valence-corrected chi connectivity index (χ2v) is 7.02. The second-order valence-electron chi connectivity index (χ2n) is 7.02. The first-order valence-corrected chi connectivity index (χ1v) is 9.27. The fraction of sp³-hybridized carbons (Fsp3) is 0.217. The van der Waals surface area contributed by atoms with E-state index in [0.29, 0.717) is 10.9 Å². The Morgan fingerprint density at radius 3 is 2.30 bits per heavy atom. The molecule has 27 heavy (non-hydrogen) atoms. The molecule has 0 fully saturated rings. The molecule has 4 aromatic rings. The molecule has 0 spiro atoms. The maximum atomic E-state index is 13.5. The Balaban J connectivity index is 2.25. The molecule has 0 radical (unpaired) electrons. The first kappa shape index (κ1) is 17.3. The number of fused-ring (bicyclic) bond motifs is 2. The van der Waals surface area contributed by atoms with Crippen molar-refractivity contribution in [2.45, 2.75) is 26.2 Å². The van der Waals surface area contributed by atoms with Crippen LogP contribution in [0.4, 0.5) is 0 Å². The van der Waals surface area contributed by atoms with Gasteiger partial charge in [0.2, 0.25) is 5.43 Å². The van der Waals surface area contributed by atoms with E-state index in [0.717, 1.165) is 23.3 Å². The number of hydrogen-bond acceptors (Lipinski definition) is 2. The van der Waals surface area contributed by atoms with Crippen molar-refractivity contribution in [2.24, 2.45) is 7.05 Å². The van der Waals surface area contributed by atoms with Crippen LogP contribution in [0, 0.1) is 0 Å². The summed E-state index contributed by atoms with van der Waals surface area (Å²) in [6.45, 7) is 4.22. The van der Waals surface area contributed by atoms with Crippen LogP contribution in [0.3, 0.4) is 0 Å². The van der Waals surface area contributed by atoms with Gasteiger partial charge in [0, 0.05) is 23.8 Å². The van der Waals surface area contributed by atoms with E-state index in [2.05, 4.69) is 13.8 Å². The highest BCUT2D eigenvalue weighted by Crippen LogP contribution is 2.25. The van der Waals surface area contributed by atoms with Gasteiger partial charge in [-0.15, -0.1) is 0 Å². The number of benzene rings is 2. The summed E-state index contributed by atoms with van der Waals surface area (Å²) < 4.78 is 3.65. The summed E-state index contributed by atoms with van der Waals surface area (Å²) in [5.41, 5.74) is 2.78. The van der Waals surface area contributed by atoms with Gasteiger partial charge in [0.15, 0.2) is 0 Å². The topological polar surface area (TPSA) is 44.0 Å². The zero-order chi connectivity index (χ0) is 19.1. The van der Waals surface area contributed by atoms with E-state index in [4.69, 9.17) is 0 Å². The third kappa shape index (κ3) is 2.60. The molecule has 0 bridgehead atoms. The van der Waals surface area contributed by atoms with Crippen LogP contribution < -0.4 is 11.0 Å². The zero-order valence-electron chi connectivity index (χ0n) is 15.8. The molecule has 0 saturated heterocycles. The van der Waals surface area contributed by atoms with Crippen LogP contribution in [0.5, 0.6) is 0 Å². The van der Waals surface area contributed by atoms with Crippen LogP contribution in [0.1, 0.15) is 31.9 Å². The molecule has 0 N–H and O–H groups in total. The van der Waals surface area contributed by atoms with Crippen LogP contribution in [0.2, 0.25) is 0 Å². The van der Waals surface area contributed by atoms with Crippen LogP contribution in [0.15, 0.2) is 70.3 Å². The molecular weight excluding hydrogens is 336 g/mol. The van der Waals surface area contributed by atoms with Gasteiger partial charge in [0.25, 0.3) is 5.56 Å². The van der Waals surface area contributed by atoms with Gasteiger partial charge in [0.05, 0.1) is 11.0 Å². The summed E-state index contributed by atoms with van der Waals surface area (Å²) in [6, 6.07) is 19.0. The number of pyridine rings is 2. The standard InChI is InChI=1S/C23H22N2O2/c1-4-15(2)19-14-20-21(23(27)25(19)16-10-6-5-7-11-16)22(26)17-12-8-9-13-18(17)24(20)3/h5-15H,4H2,1-3H3. The van der Waals surface area contributed by atoms with Gasteiger partial charge in [-0.25, -0.2) is 0 Å². The fourth-order valence-corrected chi connectivity index (χ4v) is 3.73. The highest BCUT2D eigenvalue weighted by Gasteiger charge is 2.19. The molecule has 4 rings (SSSR count). The Labute approximate surface area is 157 Å². The zero-order valence-corrected chi connectivity index (χ0v) is 15.8. The number of nitrogens with zero attached hydrogens (tertiary/aromatic N) is 2. The molecule has 4 heteroatoms. The molecule has 0 aliphatic heterocycles. The summed E-state index contributed by atoms with van der Waals surface area (Å²) in [5.74, 6) is 0.184. The van der Waals surface area contributed by atoms with Crippen LogP contribution in [0.25, 0.3) is 27.5 Å². The van der Waals surface area contributed by atoms with E-state index in [1.165, 1.54) is 0 Å². The van der Waals surface area contributed by atoms with Crippen molar-refractivity contribution < 1.29 is 0 Å². The van der Waals surface area contributed by atoms with Gasteiger partial charge >= 0.3 is 0 Å². The van der Waals surface area contributed by atoms with E-state index in [-0.39, 0.29) is 22.3 Å². The number of aromatic nitrogens is 2. The minimum atomic E-state index is -0.250. The minimum absolute atomic E-state index is 0.184. The highest BCUT2D eigenvalue weighted by atomic mass is 16.1. The summed E-state index contributed by atoms with van der Waals surface area (Å²) in [5, 5.41) is 0.813. The largest absolute Gasteiger partial charge is 0.343 e. The Bertz CT molecular complexity index is 1270. The lowest BCUT2D eigenvalue weighted by Gasteiger charge is -2.20. The Kier molecular flexibility index (Phi) is 4.19. The molecule has 0 aliphatic rings. The fourth-order valence-electron chi connectivity index (χ4n) is 3.73. The summed E-state index contributed by atoms with van der Waals surface area (Å²) in [4.78, 5) is 26.7. The summed E-state index contributed by atoms with van der Waals surface area (Å²) in [6.07, 6.45) is 0.902. The number of hydrogen-bond donors (Lipinski definition) is 0.